The molecule has 0 atom stereocenters. The molecule has 1 saturated heterocycles. The first-order valence-electron chi connectivity index (χ1n) is 7.48. The lowest BCUT2D eigenvalue weighted by molar-refractivity contribution is -0.162. The van der Waals surface area contributed by atoms with Gasteiger partial charge in [-0.15, -0.1) is 0 Å². The summed E-state index contributed by atoms with van der Waals surface area (Å²) in [6, 6.07) is 9.59. The number of rotatable bonds is 3. The van der Waals surface area contributed by atoms with Crippen molar-refractivity contribution in [3.05, 3.63) is 48.3 Å². The van der Waals surface area contributed by atoms with Gasteiger partial charge in [0, 0.05) is 43.9 Å². The Hall–Kier alpha value is -2.60. The molecule has 2 aromatic rings. The van der Waals surface area contributed by atoms with Gasteiger partial charge in [-0.1, -0.05) is 30.3 Å². The highest BCUT2D eigenvalue weighted by Gasteiger charge is 2.40. The normalized spacial score (nSPS) is 17.0. The molecule has 1 aromatic heterocycles. The maximum atomic E-state index is 12.7. The number of carbonyl (C=O) groups is 2. The van der Waals surface area contributed by atoms with Gasteiger partial charge in [0.1, 0.15) is 0 Å². The second-order valence-electron chi connectivity index (χ2n) is 5.78. The molecule has 1 fully saturated rings. The molecule has 2 heterocycles. The number of hydrogen-bond donors (Lipinski definition) is 3. The van der Waals surface area contributed by atoms with E-state index in [0.717, 1.165) is 11.1 Å². The fourth-order valence-corrected chi connectivity index (χ4v) is 2.86. The Bertz CT molecular complexity index is 715. The number of likely N-dealkylation sites (tertiary alicyclic amines) is 1. The number of nitrogens with one attached hydrogen (secondary N) is 1. The molecule has 0 bridgehead atoms. The van der Waals surface area contributed by atoms with Gasteiger partial charge in [-0.2, -0.15) is 0 Å². The highest BCUT2D eigenvalue weighted by atomic mass is 16.4. The third kappa shape index (κ3) is 2.85. The van der Waals surface area contributed by atoms with Gasteiger partial charge in [0.15, 0.2) is 5.60 Å². The van der Waals surface area contributed by atoms with Crippen LogP contribution in [0.15, 0.2) is 42.7 Å². The van der Waals surface area contributed by atoms with Crippen molar-refractivity contribution in [3.63, 3.8) is 0 Å². The van der Waals surface area contributed by atoms with Crippen molar-refractivity contribution in [1.82, 2.24) is 9.88 Å². The largest absolute Gasteiger partial charge is 0.479 e. The van der Waals surface area contributed by atoms with Crippen LogP contribution >= 0.6 is 0 Å². The van der Waals surface area contributed by atoms with Crippen molar-refractivity contribution in [3.8, 4) is 11.1 Å². The first-order chi connectivity index (χ1) is 11.0. The Morgan fingerprint density at radius 3 is 2.35 bits per heavy atom. The first-order valence-corrected chi connectivity index (χ1v) is 7.48. The van der Waals surface area contributed by atoms with E-state index in [1.165, 1.54) is 0 Å². The number of H-pyrrole nitrogens is 1. The summed E-state index contributed by atoms with van der Waals surface area (Å²) in [6.45, 7) is 0.447. The zero-order chi connectivity index (χ0) is 16.4. The van der Waals surface area contributed by atoms with Gasteiger partial charge in [0.25, 0.3) is 5.91 Å². The van der Waals surface area contributed by atoms with Crippen molar-refractivity contribution in [2.24, 2.45) is 0 Å². The molecule has 6 nitrogen and oxygen atoms in total. The predicted octanol–water partition coefficient (Wildman–Crippen LogP) is 1.73. The molecular weight excluding hydrogens is 296 g/mol. The number of aliphatic carboxylic acids is 1. The highest BCUT2D eigenvalue weighted by Crippen LogP contribution is 2.27. The molecule has 3 N–H and O–H groups in total. The van der Waals surface area contributed by atoms with Crippen LogP contribution in [0.25, 0.3) is 11.1 Å². The molecule has 0 spiro atoms. The van der Waals surface area contributed by atoms with Gasteiger partial charge in [-0.05, 0) is 5.56 Å². The molecule has 0 unspecified atom stereocenters. The Kier molecular flexibility index (Phi) is 3.92. The van der Waals surface area contributed by atoms with Crippen molar-refractivity contribution >= 4 is 11.9 Å². The zero-order valence-electron chi connectivity index (χ0n) is 12.5. The van der Waals surface area contributed by atoms with Crippen LogP contribution in [-0.4, -0.2) is 50.7 Å². The summed E-state index contributed by atoms with van der Waals surface area (Å²) in [5.41, 5.74) is 0.583. The fraction of sp³-hybridized carbons (Fsp3) is 0.294. The fourth-order valence-electron chi connectivity index (χ4n) is 2.86. The summed E-state index contributed by atoms with van der Waals surface area (Å²) >= 11 is 0. The molecule has 1 aliphatic heterocycles. The summed E-state index contributed by atoms with van der Waals surface area (Å²) in [4.78, 5) is 28.3. The predicted molar refractivity (Wildman–Crippen MR) is 84.0 cm³/mol. The van der Waals surface area contributed by atoms with Gasteiger partial charge < -0.3 is 20.1 Å². The number of nitrogens with zero attached hydrogens (tertiary/aromatic N) is 1. The number of amides is 1. The van der Waals surface area contributed by atoms with Gasteiger partial charge in [0.2, 0.25) is 0 Å². The number of hydrogen-bond acceptors (Lipinski definition) is 3. The van der Waals surface area contributed by atoms with Gasteiger partial charge >= 0.3 is 5.97 Å². The maximum Gasteiger partial charge on any atom is 0.335 e. The number of carboxylic acid groups (broad SMARTS) is 1. The summed E-state index contributed by atoms with van der Waals surface area (Å²) in [7, 11) is 0. The van der Waals surface area contributed by atoms with Gasteiger partial charge in [0.05, 0.1) is 5.56 Å². The lowest BCUT2D eigenvalue weighted by Gasteiger charge is -2.35. The SMILES string of the molecule is O=C(c1c[nH]cc1-c1ccccc1)N1CCC(O)(C(=O)O)CC1. The molecule has 1 amide bonds. The number of piperidine rings is 1. The average molecular weight is 314 g/mol. The highest BCUT2D eigenvalue weighted by molar-refractivity contribution is 6.01. The van der Waals surface area contributed by atoms with E-state index in [4.69, 9.17) is 5.11 Å². The summed E-state index contributed by atoms with van der Waals surface area (Å²) < 4.78 is 0. The molecule has 1 aromatic carbocycles. The number of carbonyl (C=O) groups excluding carboxylic acids is 1. The Labute approximate surface area is 133 Å². The zero-order valence-corrected chi connectivity index (χ0v) is 12.5. The summed E-state index contributed by atoms with van der Waals surface area (Å²) in [6.07, 6.45) is 3.51. The molecule has 6 heteroatoms. The number of carboxylic acids is 1. The van der Waals surface area contributed by atoms with Crippen molar-refractivity contribution in [1.29, 1.82) is 0 Å². The molecule has 23 heavy (non-hydrogen) atoms. The van der Waals surface area contributed by atoms with Crippen LogP contribution in [-0.2, 0) is 4.79 Å². The van der Waals surface area contributed by atoms with Crippen LogP contribution in [0.2, 0.25) is 0 Å². The molecule has 0 aliphatic carbocycles. The molecule has 0 saturated carbocycles. The third-order valence-electron chi connectivity index (χ3n) is 4.34. The third-order valence-corrected chi connectivity index (χ3v) is 4.34. The summed E-state index contributed by atoms with van der Waals surface area (Å²) in [5.74, 6) is -1.38. The number of benzene rings is 1. The van der Waals surface area contributed by atoms with E-state index in [9.17, 15) is 14.7 Å². The van der Waals surface area contributed by atoms with E-state index >= 15 is 0 Å². The molecule has 3 rings (SSSR count). The van der Waals surface area contributed by atoms with Crippen LogP contribution in [0.4, 0.5) is 0 Å². The minimum absolute atomic E-state index is 0.0408. The second kappa shape index (κ2) is 5.89. The van der Waals surface area contributed by atoms with Crippen LogP contribution in [0, 0.1) is 0 Å². The maximum absolute atomic E-state index is 12.7. The Balaban J connectivity index is 1.78. The smallest absolute Gasteiger partial charge is 0.335 e. The average Bonchev–Trinajstić information content (AvgIpc) is 3.05. The minimum atomic E-state index is -1.73. The van der Waals surface area contributed by atoms with E-state index in [1.54, 1.807) is 17.3 Å². The molecule has 0 radical (unpaired) electrons. The molecule has 120 valence electrons. The second-order valence-corrected chi connectivity index (χ2v) is 5.78. The van der Waals surface area contributed by atoms with Gasteiger partial charge in [-0.25, -0.2) is 4.79 Å². The van der Waals surface area contributed by atoms with Crippen molar-refractivity contribution < 1.29 is 19.8 Å². The van der Waals surface area contributed by atoms with Crippen LogP contribution in [0.1, 0.15) is 23.2 Å². The van der Waals surface area contributed by atoms with Gasteiger partial charge in [-0.3, -0.25) is 4.79 Å². The minimum Gasteiger partial charge on any atom is -0.479 e. The van der Waals surface area contributed by atoms with E-state index in [-0.39, 0.29) is 31.8 Å². The number of aromatic nitrogens is 1. The Morgan fingerprint density at radius 1 is 1.09 bits per heavy atom. The quantitative estimate of drug-likeness (QED) is 0.804. The molecular formula is C17H18N2O4. The van der Waals surface area contributed by atoms with Crippen LogP contribution in [0.3, 0.4) is 0 Å². The lowest BCUT2D eigenvalue weighted by atomic mass is 9.91. The number of aromatic amines is 1. The van der Waals surface area contributed by atoms with Crippen LogP contribution in [0.5, 0.6) is 0 Å². The van der Waals surface area contributed by atoms with E-state index in [0.29, 0.717) is 5.56 Å². The Morgan fingerprint density at radius 2 is 1.74 bits per heavy atom. The topological polar surface area (TPSA) is 93.6 Å². The molecule has 1 aliphatic rings. The lowest BCUT2D eigenvalue weighted by Crippen LogP contribution is -2.50. The van der Waals surface area contributed by atoms with Crippen LogP contribution < -0.4 is 0 Å². The van der Waals surface area contributed by atoms with Crippen molar-refractivity contribution in [2.75, 3.05) is 13.1 Å². The first kappa shape index (κ1) is 15.3. The monoisotopic (exact) mass is 314 g/mol. The standard InChI is InChI=1S/C17H18N2O4/c20-15(19-8-6-17(23,7-9-19)16(21)22)14-11-18-10-13(14)12-4-2-1-3-5-12/h1-5,10-11,18,23H,6-9H2,(H,21,22). The van der Waals surface area contributed by atoms with E-state index < -0.39 is 11.6 Å². The summed E-state index contributed by atoms with van der Waals surface area (Å²) in [5, 5.41) is 19.0. The van der Waals surface area contributed by atoms with Crippen molar-refractivity contribution in [2.45, 2.75) is 18.4 Å². The van der Waals surface area contributed by atoms with E-state index in [1.807, 2.05) is 30.3 Å². The number of aliphatic hydroxyl groups is 1. The van der Waals surface area contributed by atoms with E-state index in [2.05, 4.69) is 4.98 Å².